The van der Waals surface area contributed by atoms with Crippen molar-refractivity contribution in [1.82, 2.24) is 5.32 Å². The zero-order valence-corrected chi connectivity index (χ0v) is 15.9. The van der Waals surface area contributed by atoms with Gasteiger partial charge in [-0.15, -0.1) is 24.0 Å². The Morgan fingerprint density at radius 1 is 1.32 bits per heavy atom. The van der Waals surface area contributed by atoms with E-state index in [-0.39, 0.29) is 29.5 Å². The number of esters is 1. The molecular formula is C15H24IN3O3. The van der Waals surface area contributed by atoms with Crippen molar-refractivity contribution in [2.75, 3.05) is 14.2 Å². The molecule has 1 rings (SSSR count). The molecule has 3 N–H and O–H groups in total. The molecule has 0 saturated carbocycles. The lowest BCUT2D eigenvalue weighted by Crippen LogP contribution is -2.44. The molecule has 1 aromatic carbocycles. The van der Waals surface area contributed by atoms with Crippen LogP contribution in [0.1, 0.15) is 36.7 Å². The third kappa shape index (κ3) is 6.50. The summed E-state index contributed by atoms with van der Waals surface area (Å²) in [6, 6.07) is 5.20. The number of ether oxygens (including phenoxy) is 2. The molecule has 22 heavy (non-hydrogen) atoms. The highest BCUT2D eigenvalue weighted by atomic mass is 127. The summed E-state index contributed by atoms with van der Waals surface area (Å²) in [5.41, 5.74) is 6.94. The predicted molar refractivity (Wildman–Crippen MR) is 98.0 cm³/mol. The van der Waals surface area contributed by atoms with Crippen molar-refractivity contribution in [2.24, 2.45) is 10.7 Å². The summed E-state index contributed by atoms with van der Waals surface area (Å²) in [5, 5.41) is 3.08. The summed E-state index contributed by atoms with van der Waals surface area (Å²) in [6.45, 7) is 6.41. The van der Waals surface area contributed by atoms with E-state index in [1.807, 2.05) is 20.8 Å². The summed E-state index contributed by atoms with van der Waals surface area (Å²) < 4.78 is 9.90. The minimum absolute atomic E-state index is 0. The molecule has 0 bridgehead atoms. The smallest absolute Gasteiger partial charge is 0.341 e. The van der Waals surface area contributed by atoms with Gasteiger partial charge in [-0.2, -0.15) is 0 Å². The Labute approximate surface area is 148 Å². The van der Waals surface area contributed by atoms with Gasteiger partial charge in [-0.05, 0) is 38.5 Å². The largest absolute Gasteiger partial charge is 0.496 e. The van der Waals surface area contributed by atoms with Crippen molar-refractivity contribution in [3.05, 3.63) is 29.3 Å². The fourth-order valence-corrected chi connectivity index (χ4v) is 1.71. The number of carbonyl (C=O) groups is 1. The summed E-state index contributed by atoms with van der Waals surface area (Å²) in [4.78, 5) is 15.8. The van der Waals surface area contributed by atoms with Gasteiger partial charge in [0, 0.05) is 5.54 Å². The van der Waals surface area contributed by atoms with E-state index < -0.39 is 5.97 Å². The Balaban J connectivity index is 0.00000441. The monoisotopic (exact) mass is 421 g/mol. The Kier molecular flexibility index (Phi) is 8.21. The number of rotatable bonds is 4. The summed E-state index contributed by atoms with van der Waals surface area (Å²) in [5.74, 6) is 0.395. The topological polar surface area (TPSA) is 85.9 Å². The molecule has 0 aliphatic carbocycles. The molecule has 0 radical (unpaired) electrons. The van der Waals surface area contributed by atoms with Crippen LogP contribution in [0.25, 0.3) is 0 Å². The fourth-order valence-electron chi connectivity index (χ4n) is 1.71. The van der Waals surface area contributed by atoms with Crippen LogP contribution in [0, 0.1) is 0 Å². The molecule has 0 unspecified atom stereocenters. The molecule has 0 spiro atoms. The zero-order valence-electron chi connectivity index (χ0n) is 13.6. The number of nitrogens with two attached hydrogens (primary N) is 1. The number of carbonyl (C=O) groups excluding carboxylic acids is 1. The van der Waals surface area contributed by atoms with Crippen molar-refractivity contribution < 1.29 is 14.3 Å². The maximum atomic E-state index is 11.6. The second-order valence-corrected chi connectivity index (χ2v) is 5.60. The first-order valence-electron chi connectivity index (χ1n) is 6.60. The molecule has 0 atom stereocenters. The van der Waals surface area contributed by atoms with Crippen LogP contribution in [-0.2, 0) is 11.3 Å². The van der Waals surface area contributed by atoms with Gasteiger partial charge in [0.05, 0.1) is 20.8 Å². The number of methoxy groups -OCH3 is 2. The second-order valence-electron chi connectivity index (χ2n) is 5.60. The number of hydrogen-bond donors (Lipinski definition) is 2. The molecule has 0 heterocycles. The molecular weight excluding hydrogens is 397 g/mol. The number of benzene rings is 1. The highest BCUT2D eigenvalue weighted by Crippen LogP contribution is 2.21. The lowest BCUT2D eigenvalue weighted by molar-refractivity contribution is 0.0597. The number of hydrogen-bond acceptors (Lipinski definition) is 4. The standard InChI is InChI=1S/C15H23N3O3.HI/c1-15(2,3)18-14(16)17-9-10-6-7-11(13(19)21-5)12(8-10)20-4;/h6-8H,9H2,1-5H3,(H3,16,17,18);1H. The van der Waals surface area contributed by atoms with Crippen LogP contribution >= 0.6 is 24.0 Å². The van der Waals surface area contributed by atoms with Gasteiger partial charge in [-0.25, -0.2) is 9.79 Å². The highest BCUT2D eigenvalue weighted by Gasteiger charge is 2.13. The number of aliphatic imine (C=N–C) groups is 1. The highest BCUT2D eigenvalue weighted by molar-refractivity contribution is 14.0. The molecule has 0 fully saturated rings. The third-order valence-corrected chi connectivity index (χ3v) is 2.61. The number of halogens is 1. The van der Waals surface area contributed by atoms with Gasteiger partial charge in [-0.1, -0.05) is 6.07 Å². The lowest BCUT2D eigenvalue weighted by Gasteiger charge is -2.21. The van der Waals surface area contributed by atoms with Gasteiger partial charge < -0.3 is 20.5 Å². The Morgan fingerprint density at radius 3 is 2.45 bits per heavy atom. The first-order valence-corrected chi connectivity index (χ1v) is 6.60. The molecule has 124 valence electrons. The molecule has 0 saturated heterocycles. The molecule has 7 heteroatoms. The lowest BCUT2D eigenvalue weighted by atomic mass is 10.1. The van der Waals surface area contributed by atoms with Crippen LogP contribution in [0.2, 0.25) is 0 Å². The van der Waals surface area contributed by atoms with E-state index in [1.165, 1.54) is 14.2 Å². The fraction of sp³-hybridized carbons (Fsp3) is 0.467. The minimum Gasteiger partial charge on any atom is -0.496 e. The van der Waals surface area contributed by atoms with Gasteiger partial charge in [0.15, 0.2) is 5.96 Å². The van der Waals surface area contributed by atoms with E-state index in [2.05, 4.69) is 10.3 Å². The molecule has 6 nitrogen and oxygen atoms in total. The van der Waals surface area contributed by atoms with Gasteiger partial charge >= 0.3 is 5.97 Å². The van der Waals surface area contributed by atoms with Crippen molar-refractivity contribution in [3.8, 4) is 5.75 Å². The molecule has 0 aliphatic heterocycles. The normalized spacial score (nSPS) is 11.4. The first-order chi connectivity index (χ1) is 9.76. The number of nitrogens with one attached hydrogen (secondary N) is 1. The van der Waals surface area contributed by atoms with Crippen LogP contribution in [0.3, 0.4) is 0 Å². The van der Waals surface area contributed by atoms with Crippen LogP contribution in [-0.4, -0.2) is 31.7 Å². The Morgan fingerprint density at radius 2 is 1.95 bits per heavy atom. The summed E-state index contributed by atoms with van der Waals surface area (Å²) >= 11 is 0. The molecule has 0 aromatic heterocycles. The van der Waals surface area contributed by atoms with E-state index in [0.29, 0.717) is 23.8 Å². The maximum absolute atomic E-state index is 11.6. The first kappa shape index (κ1) is 20.5. The van der Waals surface area contributed by atoms with E-state index in [1.54, 1.807) is 18.2 Å². The third-order valence-electron chi connectivity index (χ3n) is 2.61. The van der Waals surface area contributed by atoms with Gasteiger partial charge in [-0.3, -0.25) is 0 Å². The van der Waals surface area contributed by atoms with E-state index in [4.69, 9.17) is 15.2 Å². The quantitative estimate of drug-likeness (QED) is 0.337. The van der Waals surface area contributed by atoms with Crippen molar-refractivity contribution >= 4 is 35.9 Å². The number of guanidine groups is 1. The Hall–Kier alpha value is -1.51. The van der Waals surface area contributed by atoms with Crippen molar-refractivity contribution in [2.45, 2.75) is 32.9 Å². The maximum Gasteiger partial charge on any atom is 0.341 e. The van der Waals surface area contributed by atoms with Crippen LogP contribution in [0.15, 0.2) is 23.2 Å². The molecule has 1 aromatic rings. The van der Waals surface area contributed by atoms with E-state index in [9.17, 15) is 4.79 Å². The van der Waals surface area contributed by atoms with Gasteiger partial charge in [0.2, 0.25) is 0 Å². The second kappa shape index (κ2) is 8.82. The summed E-state index contributed by atoms with van der Waals surface area (Å²) in [7, 11) is 2.84. The Bertz CT molecular complexity index is 539. The van der Waals surface area contributed by atoms with Crippen LogP contribution < -0.4 is 15.8 Å². The average Bonchev–Trinajstić information content (AvgIpc) is 2.42. The average molecular weight is 421 g/mol. The van der Waals surface area contributed by atoms with Crippen molar-refractivity contribution in [3.63, 3.8) is 0 Å². The van der Waals surface area contributed by atoms with Gasteiger partial charge in [0.25, 0.3) is 0 Å². The van der Waals surface area contributed by atoms with E-state index >= 15 is 0 Å². The molecule has 0 amide bonds. The number of nitrogens with zero attached hydrogens (tertiary/aromatic N) is 1. The zero-order chi connectivity index (χ0) is 16.0. The van der Waals surface area contributed by atoms with Crippen LogP contribution in [0.4, 0.5) is 0 Å². The van der Waals surface area contributed by atoms with E-state index in [0.717, 1.165) is 5.56 Å². The summed E-state index contributed by atoms with van der Waals surface area (Å²) in [6.07, 6.45) is 0. The predicted octanol–water partition coefficient (Wildman–Crippen LogP) is 2.30. The van der Waals surface area contributed by atoms with Gasteiger partial charge in [0.1, 0.15) is 11.3 Å². The minimum atomic E-state index is -0.434. The van der Waals surface area contributed by atoms with Crippen molar-refractivity contribution in [1.29, 1.82) is 0 Å². The SMILES string of the molecule is COC(=O)c1ccc(CN=C(N)NC(C)(C)C)cc1OC.I. The van der Waals surface area contributed by atoms with Crippen LogP contribution in [0.5, 0.6) is 5.75 Å². The molecule has 0 aliphatic rings.